The average molecular weight is 338 g/mol. The Morgan fingerprint density at radius 2 is 1.76 bits per heavy atom. The first-order valence-corrected chi connectivity index (χ1v) is 5.91. The van der Waals surface area contributed by atoms with Crippen molar-refractivity contribution >= 4 is 39.1 Å². The van der Waals surface area contributed by atoms with Crippen LogP contribution >= 0.6 is 39.1 Å². The van der Waals surface area contributed by atoms with Gasteiger partial charge in [-0.2, -0.15) is 0 Å². The number of benzene rings is 1. The number of aromatic nitrogens is 2. The molecule has 0 atom stereocenters. The summed E-state index contributed by atoms with van der Waals surface area (Å²) in [5, 5.41) is 9.33. The fraction of sp³-hybridized carbons (Fsp3) is 0. The van der Waals surface area contributed by atoms with Gasteiger partial charge in [0.25, 0.3) is 0 Å². The zero-order chi connectivity index (χ0) is 12.6. The maximum Gasteiger partial charge on any atom is 0.165 e. The Kier molecular flexibility index (Phi) is 3.51. The summed E-state index contributed by atoms with van der Waals surface area (Å²) < 4.78 is 13.5. The lowest BCUT2D eigenvalue weighted by Gasteiger charge is -2.04. The molecule has 0 radical (unpaired) electrons. The SMILES string of the molecule is Oc1ccc(-c2nc(Cl)c(Br)c(Cl)n2)cc1F. The van der Waals surface area contributed by atoms with Crippen molar-refractivity contribution in [1.29, 1.82) is 0 Å². The zero-order valence-electron chi connectivity index (χ0n) is 8.09. The van der Waals surface area contributed by atoms with E-state index in [2.05, 4.69) is 25.9 Å². The Balaban J connectivity index is 2.57. The van der Waals surface area contributed by atoms with Crippen molar-refractivity contribution in [2.45, 2.75) is 0 Å². The van der Waals surface area contributed by atoms with E-state index in [1.165, 1.54) is 12.1 Å². The first kappa shape index (κ1) is 12.5. The summed E-state index contributed by atoms with van der Waals surface area (Å²) in [6, 6.07) is 3.78. The highest BCUT2D eigenvalue weighted by Crippen LogP contribution is 2.30. The third-order valence-electron chi connectivity index (χ3n) is 1.98. The lowest BCUT2D eigenvalue weighted by atomic mass is 10.2. The number of halogens is 4. The van der Waals surface area contributed by atoms with E-state index in [1.807, 2.05) is 0 Å². The van der Waals surface area contributed by atoms with Gasteiger partial charge in [-0.25, -0.2) is 14.4 Å². The largest absolute Gasteiger partial charge is 0.505 e. The van der Waals surface area contributed by atoms with Crippen molar-refractivity contribution in [3.05, 3.63) is 38.8 Å². The second kappa shape index (κ2) is 4.76. The lowest BCUT2D eigenvalue weighted by Crippen LogP contribution is -1.92. The molecule has 7 heteroatoms. The molecule has 3 nitrogen and oxygen atoms in total. The van der Waals surface area contributed by atoms with Gasteiger partial charge in [-0.05, 0) is 34.1 Å². The van der Waals surface area contributed by atoms with E-state index >= 15 is 0 Å². The number of phenolic OH excluding ortho intramolecular Hbond substituents is 1. The molecule has 0 spiro atoms. The molecular formula is C10H4BrCl2FN2O. The van der Waals surface area contributed by atoms with Gasteiger partial charge in [-0.3, -0.25) is 0 Å². The molecule has 0 saturated heterocycles. The number of aromatic hydroxyl groups is 1. The minimum atomic E-state index is -0.763. The lowest BCUT2D eigenvalue weighted by molar-refractivity contribution is 0.432. The highest BCUT2D eigenvalue weighted by atomic mass is 79.9. The summed E-state index contributed by atoms with van der Waals surface area (Å²) in [5.41, 5.74) is 0.372. The summed E-state index contributed by atoms with van der Waals surface area (Å²) in [6.45, 7) is 0. The van der Waals surface area contributed by atoms with Crippen LogP contribution in [0, 0.1) is 5.82 Å². The number of rotatable bonds is 1. The summed E-state index contributed by atoms with van der Waals surface area (Å²) >= 11 is 14.7. The third kappa shape index (κ3) is 2.51. The van der Waals surface area contributed by atoms with Gasteiger partial charge in [0.15, 0.2) is 17.4 Å². The first-order chi connectivity index (χ1) is 7.99. The quantitative estimate of drug-likeness (QED) is 0.798. The van der Waals surface area contributed by atoms with E-state index in [9.17, 15) is 4.39 Å². The summed E-state index contributed by atoms with van der Waals surface area (Å²) in [5.74, 6) is -1.02. The molecule has 0 unspecified atom stereocenters. The van der Waals surface area contributed by atoms with Crippen LogP contribution in [0.5, 0.6) is 5.75 Å². The minimum Gasteiger partial charge on any atom is -0.505 e. The number of hydrogen-bond donors (Lipinski definition) is 1. The maximum atomic E-state index is 13.2. The second-order valence-electron chi connectivity index (χ2n) is 3.11. The molecule has 0 saturated carbocycles. The predicted octanol–water partition coefficient (Wildman–Crippen LogP) is 4.06. The van der Waals surface area contributed by atoms with Crippen molar-refractivity contribution < 1.29 is 9.50 Å². The van der Waals surface area contributed by atoms with Crippen LogP contribution in [0.2, 0.25) is 10.3 Å². The minimum absolute atomic E-state index is 0.133. The third-order valence-corrected chi connectivity index (χ3v) is 3.73. The number of nitrogens with zero attached hydrogens (tertiary/aromatic N) is 2. The van der Waals surface area contributed by atoms with Gasteiger partial charge >= 0.3 is 0 Å². The summed E-state index contributed by atoms with van der Waals surface area (Å²) in [7, 11) is 0. The Bertz CT molecular complexity index is 572. The highest BCUT2D eigenvalue weighted by Gasteiger charge is 2.12. The Morgan fingerprint density at radius 1 is 1.18 bits per heavy atom. The fourth-order valence-corrected chi connectivity index (χ4v) is 1.73. The molecular weight excluding hydrogens is 334 g/mol. The Labute approximate surface area is 114 Å². The number of phenols is 1. The Morgan fingerprint density at radius 3 is 2.29 bits per heavy atom. The maximum absolute atomic E-state index is 13.2. The number of hydrogen-bond acceptors (Lipinski definition) is 3. The van der Waals surface area contributed by atoms with Crippen LogP contribution in [0.15, 0.2) is 22.7 Å². The van der Waals surface area contributed by atoms with Crippen molar-refractivity contribution in [2.24, 2.45) is 0 Å². The van der Waals surface area contributed by atoms with Crippen LogP contribution in [-0.4, -0.2) is 15.1 Å². The van der Waals surface area contributed by atoms with E-state index in [0.29, 0.717) is 10.0 Å². The van der Waals surface area contributed by atoms with Crippen molar-refractivity contribution in [2.75, 3.05) is 0 Å². The molecule has 1 aromatic carbocycles. The molecule has 1 N–H and O–H groups in total. The monoisotopic (exact) mass is 336 g/mol. The van der Waals surface area contributed by atoms with Gasteiger partial charge in [0.2, 0.25) is 0 Å². The van der Waals surface area contributed by atoms with Crippen LogP contribution in [0.1, 0.15) is 0 Å². The molecule has 0 bridgehead atoms. The van der Waals surface area contributed by atoms with Crippen molar-refractivity contribution in [3.63, 3.8) is 0 Å². The predicted molar refractivity (Wildman–Crippen MR) is 66.8 cm³/mol. The van der Waals surface area contributed by atoms with Crippen molar-refractivity contribution in [3.8, 4) is 17.1 Å². The summed E-state index contributed by atoms with van der Waals surface area (Å²) in [6.07, 6.45) is 0. The van der Waals surface area contributed by atoms with Crippen LogP contribution in [-0.2, 0) is 0 Å². The molecule has 0 aliphatic rings. The van der Waals surface area contributed by atoms with Crippen LogP contribution in [0.3, 0.4) is 0 Å². The molecule has 2 aromatic rings. The topological polar surface area (TPSA) is 46.0 Å². The highest BCUT2D eigenvalue weighted by molar-refractivity contribution is 9.10. The van der Waals surface area contributed by atoms with E-state index in [4.69, 9.17) is 28.3 Å². The van der Waals surface area contributed by atoms with E-state index in [1.54, 1.807) is 0 Å². The van der Waals surface area contributed by atoms with Gasteiger partial charge in [-0.1, -0.05) is 23.2 Å². The molecule has 88 valence electrons. The molecule has 2 rings (SSSR count). The van der Waals surface area contributed by atoms with Gasteiger partial charge in [-0.15, -0.1) is 0 Å². The van der Waals surface area contributed by atoms with Gasteiger partial charge in [0.1, 0.15) is 10.3 Å². The zero-order valence-corrected chi connectivity index (χ0v) is 11.2. The standard InChI is InChI=1S/C10H4BrCl2FN2O/c11-7-8(12)15-10(16-9(7)13)4-1-2-6(17)5(14)3-4/h1-3,17H. The smallest absolute Gasteiger partial charge is 0.165 e. The average Bonchev–Trinajstić information content (AvgIpc) is 2.29. The molecule has 0 fully saturated rings. The molecule has 0 aliphatic carbocycles. The molecule has 17 heavy (non-hydrogen) atoms. The van der Waals surface area contributed by atoms with Crippen LogP contribution in [0.25, 0.3) is 11.4 Å². The molecule has 1 aromatic heterocycles. The van der Waals surface area contributed by atoms with Crippen LogP contribution < -0.4 is 0 Å². The van der Waals surface area contributed by atoms with Gasteiger partial charge in [0, 0.05) is 5.56 Å². The van der Waals surface area contributed by atoms with E-state index < -0.39 is 11.6 Å². The normalized spacial score (nSPS) is 10.6. The second-order valence-corrected chi connectivity index (χ2v) is 4.62. The molecule has 1 heterocycles. The van der Waals surface area contributed by atoms with E-state index in [0.717, 1.165) is 6.07 Å². The Hall–Kier alpha value is -0.910. The van der Waals surface area contributed by atoms with Gasteiger partial charge in [0.05, 0.1) is 4.47 Å². The van der Waals surface area contributed by atoms with Crippen molar-refractivity contribution in [1.82, 2.24) is 9.97 Å². The fourth-order valence-electron chi connectivity index (χ4n) is 1.17. The van der Waals surface area contributed by atoms with E-state index in [-0.39, 0.29) is 16.1 Å². The molecule has 0 amide bonds. The van der Waals surface area contributed by atoms with Crippen LogP contribution in [0.4, 0.5) is 4.39 Å². The molecule has 0 aliphatic heterocycles. The first-order valence-electron chi connectivity index (χ1n) is 4.36. The summed E-state index contributed by atoms with van der Waals surface area (Å²) in [4.78, 5) is 7.90. The van der Waals surface area contributed by atoms with Gasteiger partial charge < -0.3 is 5.11 Å².